The monoisotopic (exact) mass is 329 g/mol. The van der Waals surface area contributed by atoms with Crippen molar-refractivity contribution in [3.05, 3.63) is 52.8 Å². The average molecular weight is 329 g/mol. The Morgan fingerprint density at radius 2 is 1.79 bits per heavy atom. The number of rotatable bonds is 5. The number of aromatic nitrogens is 2. The Bertz CT molecular complexity index is 792. The first-order chi connectivity index (χ1) is 11.5. The largest absolute Gasteiger partial charge is 0.383 e. The second-order valence-electron chi connectivity index (χ2n) is 5.19. The van der Waals surface area contributed by atoms with Crippen molar-refractivity contribution in [2.75, 3.05) is 13.7 Å². The van der Waals surface area contributed by atoms with E-state index in [1.54, 1.807) is 30.8 Å². The second-order valence-corrected chi connectivity index (χ2v) is 5.19. The third-order valence-electron chi connectivity index (χ3n) is 3.76. The predicted molar refractivity (Wildman–Crippen MR) is 81.2 cm³/mol. The van der Waals surface area contributed by atoms with Crippen LogP contribution in [-0.4, -0.2) is 46.3 Å². The summed E-state index contributed by atoms with van der Waals surface area (Å²) in [5.74, 6) is -2.13. The number of amides is 2. The molecule has 0 saturated heterocycles. The molecule has 0 saturated carbocycles. The molecular formula is C16H15N3O5. The first kappa shape index (κ1) is 15.9. The van der Waals surface area contributed by atoms with E-state index in [1.807, 2.05) is 0 Å². The van der Waals surface area contributed by atoms with Crippen molar-refractivity contribution in [1.29, 1.82) is 0 Å². The average Bonchev–Trinajstić information content (AvgIpc) is 3.07. The van der Waals surface area contributed by atoms with E-state index < -0.39 is 17.8 Å². The Kier molecular flexibility index (Phi) is 4.13. The summed E-state index contributed by atoms with van der Waals surface area (Å²) in [6.07, 6.45) is 1.34. The zero-order valence-electron chi connectivity index (χ0n) is 13.2. The highest BCUT2D eigenvalue weighted by Crippen LogP contribution is 2.23. The van der Waals surface area contributed by atoms with Gasteiger partial charge in [0.25, 0.3) is 11.8 Å². The van der Waals surface area contributed by atoms with E-state index >= 15 is 0 Å². The molecule has 0 fully saturated rings. The topological polar surface area (TPSA) is 90.7 Å². The first-order valence-electron chi connectivity index (χ1n) is 7.26. The molecule has 0 bridgehead atoms. The van der Waals surface area contributed by atoms with Crippen molar-refractivity contribution >= 4 is 17.8 Å². The summed E-state index contributed by atoms with van der Waals surface area (Å²) < 4.78 is 6.55. The number of imide groups is 1. The number of carbonyl (C=O) groups is 3. The zero-order chi connectivity index (χ0) is 17.3. The molecule has 1 aliphatic rings. The van der Waals surface area contributed by atoms with Crippen molar-refractivity contribution in [2.45, 2.75) is 13.5 Å². The van der Waals surface area contributed by atoms with Crippen LogP contribution in [0.15, 0.2) is 30.5 Å². The molecule has 0 atom stereocenters. The first-order valence-corrected chi connectivity index (χ1v) is 7.26. The number of hydrogen-bond donors (Lipinski definition) is 0. The van der Waals surface area contributed by atoms with Crippen LogP contribution in [0.25, 0.3) is 0 Å². The van der Waals surface area contributed by atoms with E-state index in [4.69, 9.17) is 9.57 Å². The fourth-order valence-corrected chi connectivity index (χ4v) is 2.43. The lowest BCUT2D eigenvalue weighted by molar-refractivity contribution is -0.0585. The molecule has 1 aromatic heterocycles. The number of carbonyl (C=O) groups excluding carboxylic acids is 3. The van der Waals surface area contributed by atoms with Gasteiger partial charge < -0.3 is 9.57 Å². The molecule has 0 aliphatic carbocycles. The van der Waals surface area contributed by atoms with Gasteiger partial charge in [-0.25, -0.2) is 4.79 Å². The molecule has 2 aromatic rings. The number of hydrogen-bond acceptors (Lipinski definition) is 6. The number of methoxy groups -OCH3 is 1. The van der Waals surface area contributed by atoms with Crippen LogP contribution in [0.1, 0.15) is 36.8 Å². The maximum absolute atomic E-state index is 12.3. The number of hydroxylamine groups is 2. The summed E-state index contributed by atoms with van der Waals surface area (Å²) in [5, 5.41) is 4.56. The molecule has 0 unspecified atom stereocenters. The van der Waals surface area contributed by atoms with E-state index in [1.165, 1.54) is 18.3 Å². The third kappa shape index (κ3) is 2.56. The van der Waals surface area contributed by atoms with Gasteiger partial charge in [-0.3, -0.25) is 14.3 Å². The highest BCUT2D eigenvalue weighted by atomic mass is 16.7. The highest BCUT2D eigenvalue weighted by Gasteiger charge is 2.39. The van der Waals surface area contributed by atoms with Crippen molar-refractivity contribution < 1.29 is 24.0 Å². The number of ether oxygens (including phenoxy) is 1. The lowest BCUT2D eigenvalue weighted by atomic mass is 10.1. The van der Waals surface area contributed by atoms with E-state index in [0.29, 0.717) is 23.9 Å². The Morgan fingerprint density at radius 3 is 2.38 bits per heavy atom. The maximum atomic E-state index is 12.3. The van der Waals surface area contributed by atoms with Gasteiger partial charge in [0.05, 0.1) is 36.2 Å². The predicted octanol–water partition coefficient (Wildman–Crippen LogP) is 1.21. The Balaban J connectivity index is 1.78. The SMILES string of the molecule is COCCn1ncc(C(=O)ON2C(=O)c3ccccc3C2=O)c1C. The molecule has 8 heteroatoms. The van der Waals surface area contributed by atoms with E-state index in [-0.39, 0.29) is 16.7 Å². The van der Waals surface area contributed by atoms with Gasteiger partial charge in [-0.2, -0.15) is 5.10 Å². The lowest BCUT2D eigenvalue weighted by Gasteiger charge is -2.12. The zero-order valence-corrected chi connectivity index (χ0v) is 13.2. The number of nitrogens with zero attached hydrogens (tertiary/aromatic N) is 3. The smallest absolute Gasteiger partial charge is 0.367 e. The van der Waals surface area contributed by atoms with Crippen LogP contribution in [0, 0.1) is 6.92 Å². The van der Waals surface area contributed by atoms with Crippen molar-refractivity contribution in [3.8, 4) is 0 Å². The molecule has 8 nitrogen and oxygen atoms in total. The van der Waals surface area contributed by atoms with Crippen LogP contribution in [0.2, 0.25) is 0 Å². The second kappa shape index (κ2) is 6.25. The van der Waals surface area contributed by atoms with Gasteiger partial charge in [-0.05, 0) is 19.1 Å². The van der Waals surface area contributed by atoms with Crippen LogP contribution in [0.4, 0.5) is 0 Å². The summed E-state index contributed by atoms with van der Waals surface area (Å²) in [4.78, 5) is 41.7. The lowest BCUT2D eigenvalue weighted by Crippen LogP contribution is -2.32. The van der Waals surface area contributed by atoms with Gasteiger partial charge in [0, 0.05) is 7.11 Å². The van der Waals surface area contributed by atoms with Gasteiger partial charge in [-0.15, -0.1) is 0 Å². The molecular weight excluding hydrogens is 314 g/mol. The molecule has 124 valence electrons. The molecule has 0 radical (unpaired) electrons. The highest BCUT2D eigenvalue weighted by molar-refractivity contribution is 6.21. The minimum atomic E-state index is -0.814. The Labute approximate surface area is 137 Å². The minimum Gasteiger partial charge on any atom is -0.383 e. The molecule has 1 aliphatic heterocycles. The number of benzene rings is 1. The van der Waals surface area contributed by atoms with Crippen molar-refractivity contribution in [1.82, 2.24) is 14.8 Å². The number of fused-ring (bicyclic) bond motifs is 1. The van der Waals surface area contributed by atoms with Gasteiger partial charge in [0.15, 0.2) is 0 Å². The van der Waals surface area contributed by atoms with Crippen LogP contribution >= 0.6 is 0 Å². The fourth-order valence-electron chi connectivity index (χ4n) is 2.43. The van der Waals surface area contributed by atoms with Gasteiger partial charge >= 0.3 is 5.97 Å². The molecule has 24 heavy (non-hydrogen) atoms. The molecule has 0 spiro atoms. The fraction of sp³-hybridized carbons (Fsp3) is 0.250. The van der Waals surface area contributed by atoms with Crippen molar-refractivity contribution in [2.24, 2.45) is 0 Å². The van der Waals surface area contributed by atoms with Gasteiger partial charge in [0.2, 0.25) is 0 Å². The maximum Gasteiger partial charge on any atom is 0.367 e. The molecule has 2 heterocycles. The van der Waals surface area contributed by atoms with Crippen LogP contribution in [0.3, 0.4) is 0 Å². The quantitative estimate of drug-likeness (QED) is 0.766. The minimum absolute atomic E-state index is 0.183. The van der Waals surface area contributed by atoms with E-state index in [9.17, 15) is 14.4 Å². The summed E-state index contributed by atoms with van der Waals surface area (Å²) in [7, 11) is 1.57. The Morgan fingerprint density at radius 1 is 1.17 bits per heavy atom. The molecule has 3 rings (SSSR count). The summed E-state index contributed by atoms with van der Waals surface area (Å²) in [6, 6.07) is 6.30. The van der Waals surface area contributed by atoms with Crippen LogP contribution < -0.4 is 0 Å². The summed E-state index contributed by atoms with van der Waals surface area (Å²) in [6.45, 7) is 2.61. The van der Waals surface area contributed by atoms with Gasteiger partial charge in [0.1, 0.15) is 5.56 Å². The van der Waals surface area contributed by atoms with Crippen molar-refractivity contribution in [3.63, 3.8) is 0 Å². The third-order valence-corrected chi connectivity index (χ3v) is 3.76. The Hall–Kier alpha value is -3.00. The standard InChI is InChI=1S/C16H15N3O5/c1-10-13(9-17-18(10)7-8-23-2)16(22)24-19-14(20)11-5-3-4-6-12(11)15(19)21/h3-6,9H,7-8H2,1-2H3. The van der Waals surface area contributed by atoms with Crippen LogP contribution in [-0.2, 0) is 16.1 Å². The molecule has 2 amide bonds. The molecule has 1 aromatic carbocycles. The van der Waals surface area contributed by atoms with E-state index in [2.05, 4.69) is 5.10 Å². The molecule has 0 N–H and O–H groups in total. The normalized spacial score (nSPS) is 13.3. The summed E-state index contributed by atoms with van der Waals surface area (Å²) in [5.41, 5.74) is 1.17. The van der Waals surface area contributed by atoms with Crippen LogP contribution in [0.5, 0.6) is 0 Å². The van der Waals surface area contributed by atoms with E-state index in [0.717, 1.165) is 0 Å². The summed E-state index contributed by atoms with van der Waals surface area (Å²) >= 11 is 0. The van der Waals surface area contributed by atoms with Gasteiger partial charge in [-0.1, -0.05) is 17.2 Å².